The number of rotatable bonds is 6. The van der Waals surface area contributed by atoms with Gasteiger partial charge in [-0.25, -0.2) is 9.97 Å². The van der Waals surface area contributed by atoms with Crippen molar-refractivity contribution in [1.29, 1.82) is 0 Å². The van der Waals surface area contributed by atoms with E-state index in [0.29, 0.717) is 41.8 Å². The first kappa shape index (κ1) is 23.9. The van der Waals surface area contributed by atoms with Crippen LogP contribution >= 0.6 is 0 Å². The van der Waals surface area contributed by atoms with Crippen molar-refractivity contribution in [1.82, 2.24) is 19.3 Å². The van der Waals surface area contributed by atoms with E-state index in [9.17, 15) is 18.7 Å². The standard InChI is InChI=1S/C26H27F2N5O3/c1-16-11-20(34)9-10-32(16)26-29-13-19(14-30-26)17-7-8-21-22(12-17)33(31(2)24(21)35)15-18-5-3-4-6-23(18)36-25(27)28/h3-8,12-14,16,20,25,34H,9-11,15H2,1-2H3/t16-,20+/m1/s1. The molecule has 0 saturated carbocycles. The number of fused-ring (bicyclic) bond motifs is 1. The molecule has 1 fully saturated rings. The van der Waals surface area contributed by atoms with Crippen LogP contribution in [-0.4, -0.2) is 49.7 Å². The number of piperidine rings is 1. The Morgan fingerprint density at radius 1 is 1.14 bits per heavy atom. The second kappa shape index (κ2) is 9.69. The van der Waals surface area contributed by atoms with Gasteiger partial charge in [0.25, 0.3) is 5.56 Å². The maximum Gasteiger partial charge on any atom is 0.387 e. The van der Waals surface area contributed by atoms with Crippen LogP contribution in [0.3, 0.4) is 0 Å². The van der Waals surface area contributed by atoms with Gasteiger partial charge in [0.05, 0.1) is 23.6 Å². The quantitative estimate of drug-likeness (QED) is 0.438. The van der Waals surface area contributed by atoms with E-state index in [-0.39, 0.29) is 30.0 Å². The fourth-order valence-corrected chi connectivity index (χ4v) is 4.81. The SMILES string of the molecule is C[C@@H]1C[C@@H](O)CCN1c1ncc(-c2ccc3c(=O)n(C)n(Cc4ccccc4OC(F)F)c3c2)cn1. The summed E-state index contributed by atoms with van der Waals surface area (Å²) in [6.07, 6.45) is 4.57. The first-order valence-electron chi connectivity index (χ1n) is 11.8. The highest BCUT2D eigenvalue weighted by Crippen LogP contribution is 2.27. The maximum absolute atomic E-state index is 12.9. The highest BCUT2D eigenvalue weighted by atomic mass is 19.3. The molecule has 0 unspecified atom stereocenters. The van der Waals surface area contributed by atoms with Crippen LogP contribution in [-0.2, 0) is 13.6 Å². The molecule has 36 heavy (non-hydrogen) atoms. The summed E-state index contributed by atoms with van der Waals surface area (Å²) in [5.41, 5.74) is 2.62. The topological polar surface area (TPSA) is 85.4 Å². The van der Waals surface area contributed by atoms with Gasteiger partial charge in [0.2, 0.25) is 5.95 Å². The molecule has 3 heterocycles. The number of nitrogens with zero attached hydrogens (tertiary/aromatic N) is 5. The van der Waals surface area contributed by atoms with Crippen molar-refractivity contribution < 1.29 is 18.6 Å². The summed E-state index contributed by atoms with van der Waals surface area (Å²) >= 11 is 0. The lowest BCUT2D eigenvalue weighted by Gasteiger charge is -2.35. The maximum atomic E-state index is 12.9. The predicted octanol–water partition coefficient (Wildman–Crippen LogP) is 3.80. The number of hydrogen-bond acceptors (Lipinski definition) is 6. The highest BCUT2D eigenvalue weighted by Gasteiger charge is 2.25. The molecule has 0 spiro atoms. The van der Waals surface area contributed by atoms with Gasteiger partial charge in [-0.05, 0) is 43.5 Å². The number of aromatic nitrogens is 4. The lowest BCUT2D eigenvalue weighted by Crippen LogP contribution is -2.43. The lowest BCUT2D eigenvalue weighted by molar-refractivity contribution is -0.0505. The van der Waals surface area contributed by atoms with Gasteiger partial charge in [-0.1, -0.05) is 24.3 Å². The summed E-state index contributed by atoms with van der Waals surface area (Å²) in [6, 6.07) is 12.2. The predicted molar refractivity (Wildman–Crippen MR) is 132 cm³/mol. The fourth-order valence-electron chi connectivity index (χ4n) is 4.81. The molecule has 2 aromatic heterocycles. The Kier molecular flexibility index (Phi) is 6.44. The summed E-state index contributed by atoms with van der Waals surface area (Å²) in [5.74, 6) is 0.688. The van der Waals surface area contributed by atoms with E-state index in [1.165, 1.54) is 10.7 Å². The molecule has 1 aliphatic rings. The van der Waals surface area contributed by atoms with E-state index in [0.717, 1.165) is 11.1 Å². The van der Waals surface area contributed by atoms with E-state index in [4.69, 9.17) is 0 Å². The molecule has 188 valence electrons. The summed E-state index contributed by atoms with van der Waals surface area (Å²) in [5, 5.41) is 10.4. The summed E-state index contributed by atoms with van der Waals surface area (Å²) < 4.78 is 33.7. The minimum Gasteiger partial charge on any atom is -0.434 e. The van der Waals surface area contributed by atoms with Crippen molar-refractivity contribution >= 4 is 16.9 Å². The Morgan fingerprint density at radius 3 is 2.61 bits per heavy atom. The van der Waals surface area contributed by atoms with Crippen LogP contribution in [0.25, 0.3) is 22.0 Å². The molecule has 0 amide bonds. The van der Waals surface area contributed by atoms with Crippen molar-refractivity contribution in [3.63, 3.8) is 0 Å². The third-order valence-electron chi connectivity index (χ3n) is 6.75. The molecule has 1 aliphatic heterocycles. The van der Waals surface area contributed by atoms with Crippen molar-refractivity contribution in [2.75, 3.05) is 11.4 Å². The Balaban J connectivity index is 1.48. The molecule has 2 aromatic carbocycles. The molecule has 1 saturated heterocycles. The van der Waals surface area contributed by atoms with Crippen LogP contribution in [0.1, 0.15) is 25.3 Å². The van der Waals surface area contributed by atoms with Crippen LogP contribution in [0.5, 0.6) is 5.75 Å². The molecular formula is C26H27F2N5O3. The zero-order valence-electron chi connectivity index (χ0n) is 20.0. The number of benzene rings is 2. The van der Waals surface area contributed by atoms with E-state index in [1.54, 1.807) is 48.4 Å². The van der Waals surface area contributed by atoms with Crippen LogP contribution in [0, 0.1) is 0 Å². The molecule has 4 aromatic rings. The summed E-state index contributed by atoms with van der Waals surface area (Å²) in [4.78, 5) is 24.1. The van der Waals surface area contributed by atoms with Crippen molar-refractivity contribution in [3.8, 4) is 16.9 Å². The van der Waals surface area contributed by atoms with Crippen LogP contribution in [0.2, 0.25) is 0 Å². The molecule has 0 aliphatic carbocycles. The number of aliphatic hydroxyl groups excluding tert-OH is 1. The Bertz CT molecular complexity index is 1430. The molecule has 2 atom stereocenters. The van der Waals surface area contributed by atoms with Crippen LogP contribution < -0.4 is 15.2 Å². The van der Waals surface area contributed by atoms with Gasteiger partial charge in [-0.15, -0.1) is 0 Å². The number of para-hydroxylation sites is 1. The monoisotopic (exact) mass is 495 g/mol. The number of ether oxygens (including phenoxy) is 1. The number of alkyl halides is 2. The molecule has 5 rings (SSSR count). The zero-order chi connectivity index (χ0) is 25.4. The molecule has 10 heteroatoms. The molecule has 8 nitrogen and oxygen atoms in total. The zero-order valence-corrected chi connectivity index (χ0v) is 20.0. The third-order valence-corrected chi connectivity index (χ3v) is 6.75. The van der Waals surface area contributed by atoms with E-state index >= 15 is 0 Å². The van der Waals surface area contributed by atoms with Crippen molar-refractivity contribution in [3.05, 3.63) is 70.8 Å². The summed E-state index contributed by atoms with van der Waals surface area (Å²) in [7, 11) is 1.65. The second-order valence-electron chi connectivity index (χ2n) is 9.10. The first-order chi connectivity index (χ1) is 17.3. The van der Waals surface area contributed by atoms with Crippen LogP contribution in [0.15, 0.2) is 59.7 Å². The van der Waals surface area contributed by atoms with E-state index < -0.39 is 6.61 Å². The minimum absolute atomic E-state index is 0.0707. The third kappa shape index (κ3) is 4.56. The van der Waals surface area contributed by atoms with Gasteiger partial charge in [0.1, 0.15) is 5.75 Å². The Labute approximate surface area is 206 Å². The van der Waals surface area contributed by atoms with Gasteiger partial charge in [-0.2, -0.15) is 8.78 Å². The van der Waals surface area contributed by atoms with E-state index in [2.05, 4.69) is 19.6 Å². The van der Waals surface area contributed by atoms with Crippen molar-refractivity contribution in [2.45, 2.75) is 45.1 Å². The van der Waals surface area contributed by atoms with Gasteiger partial charge in [-0.3, -0.25) is 14.2 Å². The second-order valence-corrected chi connectivity index (χ2v) is 9.10. The van der Waals surface area contributed by atoms with Gasteiger partial charge >= 0.3 is 6.61 Å². The molecular weight excluding hydrogens is 468 g/mol. The molecule has 1 N–H and O–H groups in total. The number of hydrogen-bond donors (Lipinski definition) is 1. The number of aliphatic hydroxyl groups is 1. The fraction of sp³-hybridized carbons (Fsp3) is 0.346. The highest BCUT2D eigenvalue weighted by molar-refractivity contribution is 5.84. The van der Waals surface area contributed by atoms with Gasteiger partial charge < -0.3 is 14.7 Å². The smallest absolute Gasteiger partial charge is 0.387 e. The number of anilines is 1. The minimum atomic E-state index is -2.94. The largest absolute Gasteiger partial charge is 0.434 e. The Hall–Kier alpha value is -3.79. The summed E-state index contributed by atoms with van der Waals surface area (Å²) in [6.45, 7) is -0.0210. The average Bonchev–Trinajstić information content (AvgIpc) is 3.09. The lowest BCUT2D eigenvalue weighted by atomic mass is 10.0. The number of halogens is 2. The van der Waals surface area contributed by atoms with Gasteiger partial charge in [0, 0.05) is 43.2 Å². The molecule has 0 radical (unpaired) electrons. The van der Waals surface area contributed by atoms with E-state index in [1.807, 2.05) is 19.1 Å². The van der Waals surface area contributed by atoms with Gasteiger partial charge in [0.15, 0.2) is 0 Å². The normalized spacial score (nSPS) is 18.2. The average molecular weight is 496 g/mol. The Morgan fingerprint density at radius 2 is 1.89 bits per heavy atom. The first-order valence-corrected chi connectivity index (χ1v) is 11.8. The van der Waals surface area contributed by atoms with Crippen LogP contribution in [0.4, 0.5) is 14.7 Å². The van der Waals surface area contributed by atoms with Crippen molar-refractivity contribution in [2.24, 2.45) is 7.05 Å². The molecule has 0 bridgehead atoms.